The summed E-state index contributed by atoms with van der Waals surface area (Å²) in [7, 11) is 0. The van der Waals surface area contributed by atoms with Gasteiger partial charge in [-0.2, -0.15) is 0 Å². The predicted molar refractivity (Wildman–Crippen MR) is 87.0 cm³/mol. The molecule has 0 bridgehead atoms. The van der Waals surface area contributed by atoms with Gasteiger partial charge in [0.15, 0.2) is 0 Å². The minimum Gasteiger partial charge on any atom is -0.463 e. The van der Waals surface area contributed by atoms with E-state index in [9.17, 15) is 4.79 Å². The van der Waals surface area contributed by atoms with Gasteiger partial charge in [0.2, 0.25) is 0 Å². The molecule has 1 unspecified atom stereocenters. The Hall–Kier alpha value is -0.790. The third-order valence-corrected chi connectivity index (χ3v) is 5.39. The lowest BCUT2D eigenvalue weighted by atomic mass is 9.77. The molecule has 2 nitrogen and oxygen atoms in total. The molecule has 2 saturated carbocycles. The molecular formula is C19H32O2. The summed E-state index contributed by atoms with van der Waals surface area (Å²) in [6, 6.07) is 0. The smallest absolute Gasteiger partial charge is 0.333 e. The van der Waals surface area contributed by atoms with Crippen LogP contribution in [0.15, 0.2) is 11.6 Å². The first-order valence-electron chi connectivity index (χ1n) is 9.11. The van der Waals surface area contributed by atoms with Crippen LogP contribution in [0.1, 0.15) is 78.1 Å². The molecule has 2 aliphatic rings. The summed E-state index contributed by atoms with van der Waals surface area (Å²) in [6.07, 6.45) is 15.2. The van der Waals surface area contributed by atoms with Gasteiger partial charge in [-0.1, -0.05) is 51.5 Å². The zero-order valence-electron chi connectivity index (χ0n) is 13.9. The second-order valence-electron chi connectivity index (χ2n) is 6.93. The zero-order chi connectivity index (χ0) is 15.1. The normalized spacial score (nSPS) is 23.8. The van der Waals surface area contributed by atoms with Crippen molar-refractivity contribution < 1.29 is 9.53 Å². The maximum absolute atomic E-state index is 12.4. The van der Waals surface area contributed by atoms with Crippen molar-refractivity contribution in [1.29, 1.82) is 0 Å². The van der Waals surface area contributed by atoms with Crippen LogP contribution in [-0.4, -0.2) is 12.6 Å². The first kappa shape index (κ1) is 16.6. The summed E-state index contributed by atoms with van der Waals surface area (Å²) in [5.74, 6) is 1.69. The molecule has 120 valence electrons. The monoisotopic (exact) mass is 292 g/mol. The third kappa shape index (κ3) is 4.86. The number of rotatable bonds is 5. The predicted octanol–water partition coefficient (Wildman–Crippen LogP) is 5.27. The van der Waals surface area contributed by atoms with Gasteiger partial charge >= 0.3 is 5.97 Å². The van der Waals surface area contributed by atoms with Gasteiger partial charge in [-0.15, -0.1) is 0 Å². The largest absolute Gasteiger partial charge is 0.463 e. The standard InChI is InChI=1S/C19H32O2/c1-3-21-19(20)18(17-12-8-5-9-13-17)14-15(2)16-10-6-4-7-11-16/h14-17H,3-13H2,1-2H3. The molecule has 0 heterocycles. The quantitative estimate of drug-likeness (QED) is 0.509. The lowest BCUT2D eigenvalue weighted by molar-refractivity contribution is -0.139. The number of esters is 1. The van der Waals surface area contributed by atoms with E-state index in [-0.39, 0.29) is 5.97 Å². The van der Waals surface area contributed by atoms with Crippen LogP contribution in [0.5, 0.6) is 0 Å². The van der Waals surface area contributed by atoms with E-state index in [1.807, 2.05) is 6.92 Å². The van der Waals surface area contributed by atoms with Gasteiger partial charge in [-0.25, -0.2) is 4.79 Å². The van der Waals surface area contributed by atoms with Crippen molar-refractivity contribution in [1.82, 2.24) is 0 Å². The van der Waals surface area contributed by atoms with Gasteiger partial charge in [-0.3, -0.25) is 0 Å². The van der Waals surface area contributed by atoms with E-state index in [0.29, 0.717) is 18.4 Å². The molecule has 0 aromatic rings. The Labute approximate surface area is 130 Å². The molecule has 0 aliphatic heterocycles. The van der Waals surface area contributed by atoms with Gasteiger partial charge in [0.05, 0.1) is 6.61 Å². The molecule has 21 heavy (non-hydrogen) atoms. The molecular weight excluding hydrogens is 260 g/mol. The topological polar surface area (TPSA) is 26.3 Å². The fourth-order valence-corrected chi connectivity index (χ4v) is 4.08. The molecule has 0 aromatic heterocycles. The molecule has 2 aliphatic carbocycles. The molecule has 2 heteroatoms. The molecule has 0 spiro atoms. The highest BCUT2D eigenvalue weighted by Crippen LogP contribution is 2.35. The maximum Gasteiger partial charge on any atom is 0.333 e. The van der Waals surface area contributed by atoms with Crippen molar-refractivity contribution in [2.75, 3.05) is 6.61 Å². The zero-order valence-corrected chi connectivity index (χ0v) is 13.9. The fraction of sp³-hybridized carbons (Fsp3) is 0.842. The first-order valence-corrected chi connectivity index (χ1v) is 9.11. The van der Waals surface area contributed by atoms with E-state index < -0.39 is 0 Å². The van der Waals surface area contributed by atoms with Crippen LogP contribution in [-0.2, 0) is 9.53 Å². The highest BCUT2D eigenvalue weighted by molar-refractivity contribution is 5.89. The van der Waals surface area contributed by atoms with Crippen molar-refractivity contribution in [3.8, 4) is 0 Å². The summed E-state index contributed by atoms with van der Waals surface area (Å²) in [5.41, 5.74) is 0.995. The van der Waals surface area contributed by atoms with Crippen LogP contribution in [0, 0.1) is 17.8 Å². The first-order chi connectivity index (χ1) is 10.2. The summed E-state index contributed by atoms with van der Waals surface area (Å²) < 4.78 is 5.34. The van der Waals surface area contributed by atoms with Crippen molar-refractivity contribution in [3.05, 3.63) is 11.6 Å². The number of ether oxygens (including phenoxy) is 1. The number of hydrogen-bond acceptors (Lipinski definition) is 2. The van der Waals surface area contributed by atoms with Crippen molar-refractivity contribution in [2.24, 2.45) is 17.8 Å². The van der Waals surface area contributed by atoms with Crippen LogP contribution in [0.4, 0.5) is 0 Å². The third-order valence-electron chi connectivity index (χ3n) is 5.39. The van der Waals surface area contributed by atoms with E-state index in [1.165, 1.54) is 64.2 Å². The van der Waals surface area contributed by atoms with Crippen LogP contribution in [0.25, 0.3) is 0 Å². The molecule has 2 fully saturated rings. The lowest BCUT2D eigenvalue weighted by Gasteiger charge is -2.28. The van der Waals surface area contributed by atoms with Crippen LogP contribution in [0.2, 0.25) is 0 Å². The second kappa shape index (κ2) is 8.60. The second-order valence-corrected chi connectivity index (χ2v) is 6.93. The summed E-state index contributed by atoms with van der Waals surface area (Å²) >= 11 is 0. The summed E-state index contributed by atoms with van der Waals surface area (Å²) in [4.78, 5) is 12.4. The Bertz CT molecular complexity index is 347. The SMILES string of the molecule is CCOC(=O)C(=CC(C)C1CCCCC1)C1CCCCC1. The Morgan fingerprint density at radius 2 is 1.62 bits per heavy atom. The maximum atomic E-state index is 12.4. The number of hydrogen-bond donors (Lipinski definition) is 0. The van der Waals surface area contributed by atoms with Crippen molar-refractivity contribution >= 4 is 5.97 Å². The lowest BCUT2D eigenvalue weighted by Crippen LogP contribution is -2.21. The van der Waals surface area contributed by atoms with Gasteiger partial charge in [0.1, 0.15) is 0 Å². The highest BCUT2D eigenvalue weighted by atomic mass is 16.5. The molecule has 0 aromatic carbocycles. The van der Waals surface area contributed by atoms with Crippen molar-refractivity contribution in [3.63, 3.8) is 0 Å². The Morgan fingerprint density at radius 1 is 1.05 bits per heavy atom. The average molecular weight is 292 g/mol. The summed E-state index contributed by atoms with van der Waals surface area (Å²) in [6.45, 7) is 4.69. The average Bonchev–Trinajstić information content (AvgIpc) is 2.54. The van der Waals surface area contributed by atoms with Gasteiger partial charge in [0.25, 0.3) is 0 Å². The molecule has 0 N–H and O–H groups in total. The van der Waals surface area contributed by atoms with E-state index in [4.69, 9.17) is 4.74 Å². The van der Waals surface area contributed by atoms with Gasteiger partial charge in [0, 0.05) is 5.57 Å². The molecule has 0 amide bonds. The Kier molecular flexibility index (Phi) is 6.79. The van der Waals surface area contributed by atoms with Crippen LogP contribution in [0.3, 0.4) is 0 Å². The van der Waals surface area contributed by atoms with E-state index in [0.717, 1.165) is 11.5 Å². The van der Waals surface area contributed by atoms with Gasteiger partial charge < -0.3 is 4.74 Å². The van der Waals surface area contributed by atoms with Crippen LogP contribution < -0.4 is 0 Å². The molecule has 0 saturated heterocycles. The molecule has 2 rings (SSSR count). The van der Waals surface area contributed by atoms with Crippen molar-refractivity contribution in [2.45, 2.75) is 78.1 Å². The highest BCUT2D eigenvalue weighted by Gasteiger charge is 2.26. The molecule has 0 radical (unpaired) electrons. The van der Waals surface area contributed by atoms with Gasteiger partial charge in [-0.05, 0) is 50.4 Å². The molecule has 1 atom stereocenters. The van der Waals surface area contributed by atoms with E-state index in [2.05, 4.69) is 13.0 Å². The Morgan fingerprint density at radius 3 is 2.19 bits per heavy atom. The van der Waals surface area contributed by atoms with E-state index in [1.54, 1.807) is 0 Å². The summed E-state index contributed by atoms with van der Waals surface area (Å²) in [5, 5.41) is 0. The number of carbonyl (C=O) groups excluding carboxylic acids is 1. The number of allylic oxidation sites excluding steroid dienone is 1. The number of carbonyl (C=O) groups is 1. The van der Waals surface area contributed by atoms with E-state index >= 15 is 0 Å². The minimum absolute atomic E-state index is 0.0490. The Balaban J connectivity index is 2.08. The van der Waals surface area contributed by atoms with Crippen LogP contribution >= 0.6 is 0 Å². The minimum atomic E-state index is -0.0490. The fourth-order valence-electron chi connectivity index (χ4n) is 4.08.